The van der Waals surface area contributed by atoms with Gasteiger partial charge in [-0.25, -0.2) is 4.79 Å². The standard InChI is InChI=1S/C10H11NO4/c1-14-8-4-3-7(6-12)9(5-8)11-10(13)15-2/h3-6H,1-2H3,(H,11,13). The number of ether oxygens (including phenoxy) is 2. The molecule has 0 fully saturated rings. The van der Waals surface area contributed by atoms with Crippen molar-refractivity contribution in [3.8, 4) is 5.75 Å². The van der Waals surface area contributed by atoms with E-state index in [0.717, 1.165) is 0 Å². The van der Waals surface area contributed by atoms with Crippen LogP contribution in [0.3, 0.4) is 0 Å². The molecular formula is C10H11NO4. The van der Waals surface area contributed by atoms with E-state index in [1.165, 1.54) is 14.2 Å². The molecule has 1 N–H and O–H groups in total. The van der Waals surface area contributed by atoms with Crippen LogP contribution in [-0.2, 0) is 4.74 Å². The molecule has 0 radical (unpaired) electrons. The second kappa shape index (κ2) is 4.99. The summed E-state index contributed by atoms with van der Waals surface area (Å²) < 4.78 is 9.38. The number of rotatable bonds is 3. The lowest BCUT2D eigenvalue weighted by molar-refractivity contribution is 0.112. The number of hydrogen-bond acceptors (Lipinski definition) is 4. The van der Waals surface area contributed by atoms with Gasteiger partial charge in [-0.1, -0.05) is 0 Å². The van der Waals surface area contributed by atoms with Gasteiger partial charge in [0, 0.05) is 11.6 Å². The minimum atomic E-state index is -0.633. The number of aldehydes is 1. The third kappa shape index (κ3) is 2.70. The number of amides is 1. The van der Waals surface area contributed by atoms with Crippen LogP contribution in [-0.4, -0.2) is 26.6 Å². The van der Waals surface area contributed by atoms with Crippen molar-refractivity contribution in [3.63, 3.8) is 0 Å². The van der Waals surface area contributed by atoms with Crippen molar-refractivity contribution in [1.82, 2.24) is 0 Å². The molecule has 5 heteroatoms. The first-order valence-corrected chi connectivity index (χ1v) is 4.19. The second-order valence-electron chi connectivity index (χ2n) is 2.69. The molecule has 0 aliphatic carbocycles. The Labute approximate surface area is 87.0 Å². The fourth-order valence-electron chi connectivity index (χ4n) is 1.03. The number of carbonyl (C=O) groups is 2. The van der Waals surface area contributed by atoms with E-state index < -0.39 is 6.09 Å². The average Bonchev–Trinajstić information content (AvgIpc) is 2.28. The van der Waals surface area contributed by atoms with E-state index in [2.05, 4.69) is 10.1 Å². The third-order valence-corrected chi connectivity index (χ3v) is 1.81. The first-order valence-electron chi connectivity index (χ1n) is 4.19. The lowest BCUT2D eigenvalue weighted by Gasteiger charge is -2.08. The number of benzene rings is 1. The average molecular weight is 209 g/mol. The normalized spacial score (nSPS) is 9.20. The molecular weight excluding hydrogens is 198 g/mol. The smallest absolute Gasteiger partial charge is 0.411 e. The van der Waals surface area contributed by atoms with Gasteiger partial charge in [-0.3, -0.25) is 10.1 Å². The molecule has 0 aliphatic heterocycles. The molecule has 0 aliphatic rings. The minimum Gasteiger partial charge on any atom is -0.497 e. The second-order valence-corrected chi connectivity index (χ2v) is 2.69. The van der Waals surface area contributed by atoms with Gasteiger partial charge in [0.2, 0.25) is 0 Å². The summed E-state index contributed by atoms with van der Waals surface area (Å²) in [7, 11) is 2.74. The zero-order chi connectivity index (χ0) is 11.3. The van der Waals surface area contributed by atoms with Crippen LogP contribution in [0.5, 0.6) is 5.75 Å². The van der Waals surface area contributed by atoms with Gasteiger partial charge in [0.15, 0.2) is 6.29 Å². The van der Waals surface area contributed by atoms with E-state index in [9.17, 15) is 9.59 Å². The highest BCUT2D eigenvalue weighted by Gasteiger charge is 2.07. The van der Waals surface area contributed by atoms with E-state index in [1.54, 1.807) is 18.2 Å². The predicted octanol–water partition coefficient (Wildman–Crippen LogP) is 1.69. The molecule has 0 unspecified atom stereocenters. The molecule has 0 aromatic heterocycles. The van der Waals surface area contributed by atoms with Gasteiger partial charge < -0.3 is 9.47 Å². The molecule has 1 amide bonds. The number of hydrogen-bond donors (Lipinski definition) is 1. The SMILES string of the molecule is COC(=O)Nc1cc(OC)ccc1C=O. The lowest BCUT2D eigenvalue weighted by Crippen LogP contribution is -2.12. The first kappa shape index (κ1) is 11.0. The van der Waals surface area contributed by atoms with Gasteiger partial charge in [-0.2, -0.15) is 0 Å². The summed E-state index contributed by atoms with van der Waals surface area (Å²) in [6.07, 6.45) is 0.0106. The molecule has 80 valence electrons. The van der Waals surface area contributed by atoms with E-state index in [4.69, 9.17) is 4.74 Å². The first-order chi connectivity index (χ1) is 7.21. The number of carbonyl (C=O) groups excluding carboxylic acids is 2. The molecule has 0 saturated heterocycles. The Morgan fingerprint density at radius 2 is 2.13 bits per heavy atom. The van der Waals surface area contributed by atoms with Crippen LogP contribution < -0.4 is 10.1 Å². The van der Waals surface area contributed by atoms with Gasteiger partial charge >= 0.3 is 6.09 Å². The van der Waals surface area contributed by atoms with Crippen LogP contribution in [0.4, 0.5) is 10.5 Å². The highest BCUT2D eigenvalue weighted by atomic mass is 16.5. The van der Waals surface area contributed by atoms with E-state index in [1.807, 2.05) is 0 Å². The summed E-state index contributed by atoms with van der Waals surface area (Å²) in [4.78, 5) is 21.6. The van der Waals surface area contributed by atoms with E-state index >= 15 is 0 Å². The molecule has 0 saturated carbocycles. The lowest BCUT2D eigenvalue weighted by atomic mass is 10.2. The van der Waals surface area contributed by atoms with Crippen LogP contribution in [0.1, 0.15) is 10.4 Å². The van der Waals surface area contributed by atoms with Crippen molar-refractivity contribution < 1.29 is 19.1 Å². The van der Waals surface area contributed by atoms with Crippen LogP contribution in [0.2, 0.25) is 0 Å². The quantitative estimate of drug-likeness (QED) is 0.769. The number of methoxy groups -OCH3 is 2. The Balaban J connectivity index is 3.00. The summed E-state index contributed by atoms with van der Waals surface area (Å²) in [6, 6.07) is 4.73. The largest absolute Gasteiger partial charge is 0.497 e. The predicted molar refractivity (Wildman–Crippen MR) is 54.4 cm³/mol. The van der Waals surface area contributed by atoms with Crippen LogP contribution in [0.15, 0.2) is 18.2 Å². The van der Waals surface area contributed by atoms with Gasteiger partial charge in [-0.05, 0) is 12.1 Å². The van der Waals surface area contributed by atoms with E-state index in [0.29, 0.717) is 23.3 Å². The van der Waals surface area contributed by atoms with E-state index in [-0.39, 0.29) is 0 Å². The Hall–Kier alpha value is -2.04. The van der Waals surface area contributed by atoms with Crippen molar-refractivity contribution in [2.75, 3.05) is 19.5 Å². The van der Waals surface area contributed by atoms with Crippen molar-refractivity contribution in [2.45, 2.75) is 0 Å². The Morgan fingerprint density at radius 1 is 1.40 bits per heavy atom. The molecule has 0 atom stereocenters. The molecule has 0 spiro atoms. The summed E-state index contributed by atoms with van der Waals surface area (Å²) in [6.45, 7) is 0. The topological polar surface area (TPSA) is 64.6 Å². The number of anilines is 1. The van der Waals surface area contributed by atoms with Gasteiger partial charge in [0.25, 0.3) is 0 Å². The molecule has 0 bridgehead atoms. The maximum atomic E-state index is 11.0. The van der Waals surface area contributed by atoms with Crippen LogP contribution in [0.25, 0.3) is 0 Å². The third-order valence-electron chi connectivity index (χ3n) is 1.81. The maximum Gasteiger partial charge on any atom is 0.411 e. The summed E-state index contributed by atoms with van der Waals surface area (Å²) in [5.41, 5.74) is 0.720. The highest BCUT2D eigenvalue weighted by Crippen LogP contribution is 2.21. The summed E-state index contributed by atoms with van der Waals surface area (Å²) in [5.74, 6) is 0.548. The minimum absolute atomic E-state index is 0.358. The van der Waals surface area contributed by atoms with Crippen LogP contribution in [0, 0.1) is 0 Å². The van der Waals surface area contributed by atoms with Crippen LogP contribution >= 0.6 is 0 Å². The Bertz CT molecular complexity index is 376. The van der Waals surface area contributed by atoms with Gasteiger partial charge in [0.05, 0.1) is 19.9 Å². The molecule has 5 nitrogen and oxygen atoms in total. The van der Waals surface area contributed by atoms with Crippen molar-refractivity contribution in [3.05, 3.63) is 23.8 Å². The summed E-state index contributed by atoms with van der Waals surface area (Å²) >= 11 is 0. The van der Waals surface area contributed by atoms with Crippen molar-refractivity contribution >= 4 is 18.1 Å². The highest BCUT2D eigenvalue weighted by molar-refractivity contribution is 5.93. The molecule has 1 aromatic rings. The molecule has 1 rings (SSSR count). The van der Waals surface area contributed by atoms with Gasteiger partial charge in [-0.15, -0.1) is 0 Å². The molecule has 15 heavy (non-hydrogen) atoms. The molecule has 0 heterocycles. The van der Waals surface area contributed by atoms with Crippen molar-refractivity contribution in [1.29, 1.82) is 0 Å². The zero-order valence-electron chi connectivity index (χ0n) is 8.44. The Morgan fingerprint density at radius 3 is 2.67 bits per heavy atom. The molecule has 1 aromatic carbocycles. The van der Waals surface area contributed by atoms with Gasteiger partial charge in [0.1, 0.15) is 5.75 Å². The number of nitrogens with one attached hydrogen (secondary N) is 1. The monoisotopic (exact) mass is 209 g/mol. The fourth-order valence-corrected chi connectivity index (χ4v) is 1.03. The fraction of sp³-hybridized carbons (Fsp3) is 0.200. The van der Waals surface area contributed by atoms with Crippen molar-refractivity contribution in [2.24, 2.45) is 0 Å². The zero-order valence-corrected chi connectivity index (χ0v) is 8.44. The Kier molecular flexibility index (Phi) is 3.68. The summed E-state index contributed by atoms with van der Waals surface area (Å²) in [5, 5.41) is 2.41. The maximum absolute atomic E-state index is 11.0.